The first-order chi connectivity index (χ1) is 7.54. The smallest absolute Gasteiger partial charge is 0.240 e. The molecule has 1 amide bonds. The molecule has 88 valence electrons. The lowest BCUT2D eigenvalue weighted by molar-refractivity contribution is -0.129. The molecule has 0 spiro atoms. The lowest BCUT2D eigenvalue weighted by atomic mass is 10.1. The summed E-state index contributed by atoms with van der Waals surface area (Å²) in [5, 5.41) is -0.458. The van der Waals surface area contributed by atoms with Crippen LogP contribution in [0.1, 0.15) is 25.0 Å². The Morgan fingerprint density at radius 1 is 1.31 bits per heavy atom. The summed E-state index contributed by atoms with van der Waals surface area (Å²) in [6.07, 6.45) is 1.04. The molecule has 0 aliphatic rings. The van der Waals surface area contributed by atoms with Gasteiger partial charge < -0.3 is 4.90 Å². The summed E-state index contributed by atoms with van der Waals surface area (Å²) < 4.78 is 0. The molecule has 0 aliphatic heterocycles. The number of carbonyl (C=O) groups is 1. The van der Waals surface area contributed by atoms with Crippen LogP contribution in [0.15, 0.2) is 24.3 Å². The van der Waals surface area contributed by atoms with E-state index in [0.717, 1.165) is 12.0 Å². The monoisotopic (exact) mass is 239 g/mol. The largest absolute Gasteiger partial charge is 0.340 e. The summed E-state index contributed by atoms with van der Waals surface area (Å²) in [5.41, 5.74) is 2.44. The van der Waals surface area contributed by atoms with E-state index in [4.69, 9.17) is 11.6 Å². The number of hydrogen-bond donors (Lipinski definition) is 0. The Balaban J connectivity index is 2.62. The van der Waals surface area contributed by atoms with Crippen molar-refractivity contribution in [2.75, 3.05) is 7.05 Å². The van der Waals surface area contributed by atoms with Crippen LogP contribution < -0.4 is 0 Å². The van der Waals surface area contributed by atoms with E-state index in [1.165, 1.54) is 5.56 Å². The van der Waals surface area contributed by atoms with Crippen LogP contribution in [0.2, 0.25) is 0 Å². The van der Waals surface area contributed by atoms with Crippen molar-refractivity contribution >= 4 is 17.5 Å². The van der Waals surface area contributed by atoms with Crippen molar-refractivity contribution in [1.29, 1.82) is 0 Å². The van der Waals surface area contributed by atoms with E-state index in [-0.39, 0.29) is 5.91 Å². The minimum atomic E-state index is -0.458. The summed E-state index contributed by atoms with van der Waals surface area (Å²) in [6, 6.07) is 8.30. The molecule has 0 fully saturated rings. The van der Waals surface area contributed by atoms with E-state index in [1.54, 1.807) is 18.9 Å². The maximum absolute atomic E-state index is 11.6. The van der Waals surface area contributed by atoms with Gasteiger partial charge in [0, 0.05) is 13.6 Å². The average molecular weight is 240 g/mol. The maximum Gasteiger partial charge on any atom is 0.240 e. The highest BCUT2D eigenvalue weighted by atomic mass is 35.5. The summed E-state index contributed by atoms with van der Waals surface area (Å²) in [7, 11) is 1.77. The highest BCUT2D eigenvalue weighted by Crippen LogP contribution is 2.09. The minimum absolute atomic E-state index is 0.0405. The van der Waals surface area contributed by atoms with Crippen LogP contribution in [0.4, 0.5) is 0 Å². The van der Waals surface area contributed by atoms with E-state index in [0.29, 0.717) is 6.54 Å². The van der Waals surface area contributed by atoms with E-state index in [1.807, 2.05) is 0 Å². The van der Waals surface area contributed by atoms with Gasteiger partial charge in [0.1, 0.15) is 5.38 Å². The molecule has 0 saturated heterocycles. The van der Waals surface area contributed by atoms with Crippen LogP contribution in [0.5, 0.6) is 0 Å². The molecule has 1 unspecified atom stereocenters. The Kier molecular flexibility index (Phi) is 4.81. The van der Waals surface area contributed by atoms with Crippen LogP contribution in [0, 0.1) is 0 Å². The second-order valence-corrected chi connectivity index (χ2v) is 4.64. The molecule has 3 heteroatoms. The number of nitrogens with zero attached hydrogens (tertiary/aromatic N) is 1. The van der Waals surface area contributed by atoms with Crippen LogP contribution in [0.3, 0.4) is 0 Å². The summed E-state index contributed by atoms with van der Waals surface area (Å²) in [4.78, 5) is 13.2. The topological polar surface area (TPSA) is 20.3 Å². The predicted octanol–water partition coefficient (Wildman–Crippen LogP) is 2.83. The number of amides is 1. The summed E-state index contributed by atoms with van der Waals surface area (Å²) in [5.74, 6) is -0.0405. The first kappa shape index (κ1) is 13.0. The molecule has 1 atom stereocenters. The van der Waals surface area contributed by atoms with Crippen molar-refractivity contribution < 1.29 is 4.79 Å². The molecule has 1 aromatic rings. The van der Waals surface area contributed by atoms with Gasteiger partial charge in [-0.2, -0.15) is 0 Å². The maximum atomic E-state index is 11.6. The first-order valence-corrected chi connectivity index (χ1v) is 5.95. The standard InChI is InChI=1S/C13H18ClNO/c1-4-11-5-7-12(8-6-11)9-15(3)13(16)10(2)14/h5-8,10H,4,9H2,1-3H3. The number of benzene rings is 1. The van der Waals surface area contributed by atoms with Crippen molar-refractivity contribution in [2.45, 2.75) is 32.2 Å². The molecule has 0 saturated carbocycles. The first-order valence-electron chi connectivity index (χ1n) is 5.51. The zero-order valence-corrected chi connectivity index (χ0v) is 10.8. The Hall–Kier alpha value is -1.02. The molecule has 1 rings (SSSR count). The third-order valence-electron chi connectivity index (χ3n) is 2.57. The van der Waals surface area contributed by atoms with Gasteiger partial charge in [-0.3, -0.25) is 4.79 Å². The number of rotatable bonds is 4. The molecule has 0 aromatic heterocycles. The fourth-order valence-corrected chi connectivity index (χ4v) is 1.70. The third kappa shape index (κ3) is 3.53. The van der Waals surface area contributed by atoms with Crippen LogP contribution in [0.25, 0.3) is 0 Å². The molecule has 0 heterocycles. The normalized spacial score (nSPS) is 12.2. The molecule has 0 aliphatic carbocycles. The SMILES string of the molecule is CCc1ccc(CN(C)C(=O)C(C)Cl)cc1. The van der Waals surface area contributed by atoms with E-state index >= 15 is 0 Å². The predicted molar refractivity (Wildman–Crippen MR) is 67.6 cm³/mol. The molecular formula is C13H18ClNO. The number of aryl methyl sites for hydroxylation is 1. The van der Waals surface area contributed by atoms with Gasteiger partial charge in [-0.1, -0.05) is 31.2 Å². The van der Waals surface area contributed by atoms with Gasteiger partial charge in [-0.05, 0) is 24.5 Å². The number of alkyl halides is 1. The molecule has 0 N–H and O–H groups in total. The Labute approximate surface area is 102 Å². The van der Waals surface area contributed by atoms with Gasteiger partial charge in [0.15, 0.2) is 0 Å². The van der Waals surface area contributed by atoms with Gasteiger partial charge in [-0.25, -0.2) is 0 Å². The molecular weight excluding hydrogens is 222 g/mol. The molecule has 0 radical (unpaired) electrons. The number of halogens is 1. The van der Waals surface area contributed by atoms with E-state index in [9.17, 15) is 4.79 Å². The quantitative estimate of drug-likeness (QED) is 0.740. The molecule has 1 aromatic carbocycles. The van der Waals surface area contributed by atoms with E-state index in [2.05, 4.69) is 31.2 Å². The van der Waals surface area contributed by atoms with Crippen molar-refractivity contribution in [3.05, 3.63) is 35.4 Å². The Morgan fingerprint density at radius 2 is 1.81 bits per heavy atom. The second-order valence-electron chi connectivity index (χ2n) is 3.98. The van der Waals surface area contributed by atoms with Gasteiger partial charge in [0.25, 0.3) is 0 Å². The lowest BCUT2D eigenvalue weighted by Crippen LogP contribution is -2.31. The van der Waals surface area contributed by atoms with Crippen LogP contribution in [-0.4, -0.2) is 23.2 Å². The van der Waals surface area contributed by atoms with Crippen LogP contribution in [-0.2, 0) is 17.8 Å². The van der Waals surface area contributed by atoms with Crippen molar-refractivity contribution in [3.8, 4) is 0 Å². The fraction of sp³-hybridized carbons (Fsp3) is 0.462. The van der Waals surface area contributed by atoms with Gasteiger partial charge >= 0.3 is 0 Å². The Morgan fingerprint density at radius 3 is 2.25 bits per heavy atom. The second kappa shape index (κ2) is 5.90. The van der Waals surface area contributed by atoms with Crippen molar-refractivity contribution in [3.63, 3.8) is 0 Å². The lowest BCUT2D eigenvalue weighted by Gasteiger charge is -2.18. The summed E-state index contributed by atoms with van der Waals surface area (Å²) in [6.45, 7) is 4.43. The Bertz CT molecular complexity index is 345. The van der Waals surface area contributed by atoms with Gasteiger partial charge in [0.05, 0.1) is 0 Å². The third-order valence-corrected chi connectivity index (χ3v) is 2.75. The van der Waals surface area contributed by atoms with E-state index < -0.39 is 5.38 Å². The van der Waals surface area contributed by atoms with Gasteiger partial charge in [-0.15, -0.1) is 11.6 Å². The zero-order chi connectivity index (χ0) is 12.1. The summed E-state index contributed by atoms with van der Waals surface area (Å²) >= 11 is 5.75. The average Bonchev–Trinajstić information content (AvgIpc) is 2.28. The minimum Gasteiger partial charge on any atom is -0.340 e. The van der Waals surface area contributed by atoms with Crippen molar-refractivity contribution in [1.82, 2.24) is 4.90 Å². The molecule has 16 heavy (non-hydrogen) atoms. The number of hydrogen-bond acceptors (Lipinski definition) is 1. The zero-order valence-electron chi connectivity index (χ0n) is 10.0. The molecule has 2 nitrogen and oxygen atoms in total. The fourth-order valence-electron chi connectivity index (χ4n) is 1.54. The number of carbonyl (C=O) groups excluding carboxylic acids is 1. The highest BCUT2D eigenvalue weighted by Gasteiger charge is 2.14. The molecule has 0 bridgehead atoms. The van der Waals surface area contributed by atoms with Crippen molar-refractivity contribution in [2.24, 2.45) is 0 Å². The van der Waals surface area contributed by atoms with Gasteiger partial charge in [0.2, 0.25) is 5.91 Å². The highest BCUT2D eigenvalue weighted by molar-refractivity contribution is 6.30. The van der Waals surface area contributed by atoms with Crippen LogP contribution >= 0.6 is 11.6 Å².